The topological polar surface area (TPSA) is 258 Å². The number of hydrogen-bond acceptors (Lipinski definition) is 14. The molecule has 1 fully saturated rings. The maximum atomic E-state index is 12.9. The summed E-state index contributed by atoms with van der Waals surface area (Å²) in [6.45, 7) is 3.68. The summed E-state index contributed by atoms with van der Waals surface area (Å²) in [6.07, 6.45) is -0.889. The smallest absolute Gasteiger partial charge is 0.332 e. The Hall–Kier alpha value is -6.12. The van der Waals surface area contributed by atoms with Crippen molar-refractivity contribution in [3.05, 3.63) is 56.8 Å². The Morgan fingerprint density at radius 2 is 1.81 bits per heavy atom. The third kappa shape index (κ3) is 6.33. The van der Waals surface area contributed by atoms with Gasteiger partial charge in [-0.25, -0.2) is 14.8 Å². The lowest BCUT2D eigenvalue weighted by atomic mass is 10.1. The lowest BCUT2D eigenvalue weighted by molar-refractivity contribution is -0.137. The molecule has 20 heteroatoms. The van der Waals surface area contributed by atoms with E-state index in [0.717, 1.165) is 4.57 Å². The van der Waals surface area contributed by atoms with Gasteiger partial charge in [0.05, 0.1) is 13.4 Å². The van der Waals surface area contributed by atoms with Gasteiger partial charge in [0.1, 0.15) is 23.5 Å². The molecule has 1 aliphatic heterocycles. The van der Waals surface area contributed by atoms with Gasteiger partial charge in [-0.05, 0) is 37.6 Å². The summed E-state index contributed by atoms with van der Waals surface area (Å²) in [7, 11) is 4.56. The van der Waals surface area contributed by atoms with Crippen molar-refractivity contribution in [1.29, 1.82) is 0 Å². The van der Waals surface area contributed by atoms with Crippen LogP contribution in [-0.2, 0) is 35.0 Å². The maximum absolute atomic E-state index is 12.9. The summed E-state index contributed by atoms with van der Waals surface area (Å²) in [5.74, 6) is -0.483. The summed E-state index contributed by atoms with van der Waals surface area (Å²) < 4.78 is 22.3. The Labute approximate surface area is 294 Å². The lowest BCUT2D eigenvalue weighted by Gasteiger charge is -2.16. The zero-order valence-electron chi connectivity index (χ0n) is 28.8. The number of aliphatic hydroxyl groups excluding tert-OH is 2. The van der Waals surface area contributed by atoms with Gasteiger partial charge in [-0.2, -0.15) is 9.97 Å². The van der Waals surface area contributed by atoms with Gasteiger partial charge in [0, 0.05) is 27.2 Å². The fraction of sp³-hybridized carbons (Fsp3) is 0.375. The van der Waals surface area contributed by atoms with Gasteiger partial charge in [-0.3, -0.25) is 33.4 Å². The maximum Gasteiger partial charge on any atom is 0.332 e. The molecule has 4 aromatic heterocycles. The van der Waals surface area contributed by atoms with Crippen LogP contribution in [0.1, 0.15) is 31.5 Å². The number of nitrogens with two attached hydrogens (primary N) is 1. The summed E-state index contributed by atoms with van der Waals surface area (Å²) in [4.78, 5) is 67.7. The second-order valence-electron chi connectivity index (χ2n) is 11.8. The first-order valence-electron chi connectivity index (χ1n) is 16.1. The number of anilines is 2. The molecule has 0 radical (unpaired) electrons. The number of nitrogens with one attached hydrogen (secondary N) is 2. The molecule has 20 nitrogen and oxygen atoms in total. The normalized spacial score (nSPS) is 18.8. The molecule has 1 aromatic carbocycles. The molecule has 0 bridgehead atoms. The Morgan fingerprint density at radius 3 is 2.52 bits per heavy atom. The predicted octanol–water partition coefficient (Wildman–Crippen LogP) is -0.873. The van der Waals surface area contributed by atoms with Crippen molar-refractivity contribution in [2.45, 2.75) is 44.9 Å². The fourth-order valence-electron chi connectivity index (χ4n) is 5.82. The Morgan fingerprint density at radius 1 is 1.04 bits per heavy atom. The monoisotopic (exact) mass is 719 g/mol. The molecule has 4 atom stereocenters. The number of nitrogen functional groups attached to an aromatic ring is 1. The number of aromatic nitrogens is 8. The number of methoxy groups -OCH3 is 1. The number of ether oxygens (including phenoxy) is 3. The summed E-state index contributed by atoms with van der Waals surface area (Å²) in [5, 5.41) is 26.2. The number of nitrogens with zero attached hydrogens (tertiary/aromatic N) is 8. The average Bonchev–Trinajstić information content (AvgIpc) is 3.78. The summed E-state index contributed by atoms with van der Waals surface area (Å²) in [5.41, 5.74) is 6.69. The largest absolute Gasteiger partial charge is 0.493 e. The van der Waals surface area contributed by atoms with Crippen molar-refractivity contribution in [3.63, 3.8) is 0 Å². The van der Waals surface area contributed by atoms with Crippen molar-refractivity contribution in [2.75, 3.05) is 31.3 Å². The van der Waals surface area contributed by atoms with E-state index in [9.17, 15) is 29.4 Å². The third-order valence-electron chi connectivity index (χ3n) is 8.50. The standard InChI is InChI=1S/C32H37N11O9/c1-6-34-28(47)24-22(45)23(46)30(52-24)43-14-35-20-25(33)38-31(39-26(20)43)37-19(44)13-51-16-10-8-15(12-17(16)50-5)9-11-18-36-27-21(40(18)3)29(48)41(4)32(49)42(27)7-2/h8-12,14,22-24,30,45-46H,6-7,13H2,1-5H3,(H,34,47)(H3,33,37,38,39,44)/b11-9+/t22-,23+,24?,30+/m0/s1. The number of aliphatic hydroxyl groups is 2. The van der Waals surface area contributed by atoms with Crippen LogP contribution in [0.5, 0.6) is 11.5 Å². The number of amides is 2. The van der Waals surface area contributed by atoms with Gasteiger partial charge in [0.2, 0.25) is 5.95 Å². The first-order valence-corrected chi connectivity index (χ1v) is 16.1. The number of carbonyl (C=O) groups excluding carboxylic acids is 2. The molecule has 0 saturated carbocycles. The van der Waals surface area contributed by atoms with E-state index >= 15 is 0 Å². The van der Waals surface area contributed by atoms with Crippen LogP contribution in [0.4, 0.5) is 11.8 Å². The van der Waals surface area contributed by atoms with Crippen LogP contribution in [0.2, 0.25) is 0 Å². The number of fused-ring (bicyclic) bond motifs is 2. The quantitative estimate of drug-likeness (QED) is 0.111. The fourth-order valence-corrected chi connectivity index (χ4v) is 5.82. The lowest BCUT2D eigenvalue weighted by Crippen LogP contribution is -2.42. The molecule has 6 rings (SSSR count). The van der Waals surface area contributed by atoms with Crippen LogP contribution in [0.15, 0.2) is 34.1 Å². The molecule has 2 amide bonds. The molecular formula is C32H37N11O9. The molecule has 1 unspecified atom stereocenters. The first kappa shape index (κ1) is 35.7. The highest BCUT2D eigenvalue weighted by Gasteiger charge is 2.47. The number of benzene rings is 1. The molecule has 5 aromatic rings. The van der Waals surface area contributed by atoms with Gasteiger partial charge in [0.25, 0.3) is 17.4 Å². The number of likely N-dealkylation sites (N-methyl/N-ethyl adjacent to an activating group) is 1. The Balaban J connectivity index is 1.15. The zero-order valence-corrected chi connectivity index (χ0v) is 28.8. The highest BCUT2D eigenvalue weighted by Crippen LogP contribution is 2.33. The summed E-state index contributed by atoms with van der Waals surface area (Å²) >= 11 is 0. The molecule has 1 aliphatic rings. The minimum Gasteiger partial charge on any atom is -0.493 e. The minimum atomic E-state index is -1.52. The zero-order chi connectivity index (χ0) is 37.4. The molecule has 274 valence electrons. The second kappa shape index (κ2) is 14.2. The number of hydrogen-bond donors (Lipinski definition) is 5. The van der Waals surface area contributed by atoms with Crippen LogP contribution in [0.25, 0.3) is 34.5 Å². The second-order valence-corrected chi connectivity index (χ2v) is 11.8. The highest BCUT2D eigenvalue weighted by atomic mass is 16.6. The number of aryl methyl sites for hydroxylation is 2. The molecule has 0 spiro atoms. The van der Waals surface area contributed by atoms with Crippen molar-refractivity contribution in [2.24, 2.45) is 14.1 Å². The highest BCUT2D eigenvalue weighted by molar-refractivity contribution is 5.92. The van der Waals surface area contributed by atoms with E-state index < -0.39 is 54.2 Å². The van der Waals surface area contributed by atoms with Gasteiger partial charge >= 0.3 is 5.69 Å². The molecule has 0 aliphatic carbocycles. The molecule has 5 heterocycles. The minimum absolute atomic E-state index is 0.0719. The van der Waals surface area contributed by atoms with Crippen LogP contribution < -0.4 is 37.1 Å². The van der Waals surface area contributed by atoms with Crippen molar-refractivity contribution in [1.82, 2.24) is 43.5 Å². The Kier molecular flexibility index (Phi) is 9.78. The number of carbonyl (C=O) groups is 2. The van der Waals surface area contributed by atoms with Crippen molar-refractivity contribution < 1.29 is 34.0 Å². The van der Waals surface area contributed by atoms with E-state index in [1.54, 1.807) is 55.8 Å². The van der Waals surface area contributed by atoms with Crippen LogP contribution in [0, 0.1) is 0 Å². The van der Waals surface area contributed by atoms with E-state index in [-0.39, 0.29) is 28.7 Å². The van der Waals surface area contributed by atoms with E-state index in [4.69, 9.17) is 19.9 Å². The first-order chi connectivity index (χ1) is 24.9. The third-order valence-corrected chi connectivity index (χ3v) is 8.50. The molecule has 52 heavy (non-hydrogen) atoms. The van der Waals surface area contributed by atoms with Gasteiger partial charge in [-0.15, -0.1) is 0 Å². The van der Waals surface area contributed by atoms with E-state index in [1.807, 2.05) is 0 Å². The van der Waals surface area contributed by atoms with Gasteiger partial charge in [-0.1, -0.05) is 12.1 Å². The van der Waals surface area contributed by atoms with Crippen LogP contribution >= 0.6 is 0 Å². The van der Waals surface area contributed by atoms with E-state index in [2.05, 4.69) is 30.6 Å². The SMILES string of the molecule is CCNC(=O)C1O[C@@H](n2cnc3c(N)nc(NC(=O)COc4ccc(/C=C/c5nc6c(c(=O)n(C)c(=O)n6CC)n5C)cc4OC)nc32)[C@H](O)[C@@H]1O. The predicted molar refractivity (Wildman–Crippen MR) is 186 cm³/mol. The molecular weight excluding hydrogens is 682 g/mol. The summed E-state index contributed by atoms with van der Waals surface area (Å²) in [6, 6.07) is 5.01. The number of rotatable bonds is 11. The van der Waals surface area contributed by atoms with E-state index in [1.165, 1.54) is 29.6 Å². The van der Waals surface area contributed by atoms with Gasteiger partial charge in [0.15, 0.2) is 53.1 Å². The van der Waals surface area contributed by atoms with Gasteiger partial charge < -0.3 is 40.0 Å². The van der Waals surface area contributed by atoms with Crippen LogP contribution in [-0.4, -0.2) is 98.8 Å². The van der Waals surface area contributed by atoms with Crippen LogP contribution in [0.3, 0.4) is 0 Å². The molecule has 1 saturated heterocycles. The van der Waals surface area contributed by atoms with E-state index in [0.29, 0.717) is 41.4 Å². The Bertz CT molecular complexity index is 2340. The van der Waals surface area contributed by atoms with Crippen molar-refractivity contribution >= 4 is 58.1 Å². The number of imidazole rings is 2. The van der Waals surface area contributed by atoms with Crippen molar-refractivity contribution in [3.8, 4) is 11.5 Å². The average molecular weight is 720 g/mol. The molecule has 6 N–H and O–H groups in total.